The molecule has 0 aliphatic carbocycles. The molecule has 0 bridgehead atoms. The zero-order valence-corrected chi connectivity index (χ0v) is 14.2. The normalized spacial score (nSPS) is 12.2. The van der Waals surface area contributed by atoms with Gasteiger partial charge in [0, 0.05) is 17.8 Å². The van der Waals surface area contributed by atoms with Crippen molar-refractivity contribution in [1.82, 2.24) is 20.1 Å². The monoisotopic (exact) mass is 382 g/mol. The average molecular weight is 383 g/mol. The van der Waals surface area contributed by atoms with Gasteiger partial charge in [0.2, 0.25) is 11.7 Å². The smallest absolute Gasteiger partial charge is 0.272 e. The lowest BCUT2D eigenvalue weighted by atomic mass is 10.2. The molecule has 0 saturated heterocycles. The first-order valence-corrected chi connectivity index (χ1v) is 7.88. The van der Waals surface area contributed by atoms with Crippen molar-refractivity contribution >= 4 is 11.6 Å². The molecule has 0 aromatic carbocycles. The van der Waals surface area contributed by atoms with Crippen LogP contribution >= 0.6 is 11.6 Å². The lowest BCUT2D eigenvalue weighted by Gasteiger charge is -2.09. The van der Waals surface area contributed by atoms with Crippen LogP contribution in [0.5, 0.6) is 11.6 Å². The topological polar surface area (TPSA) is 83.2 Å². The highest BCUT2D eigenvalue weighted by Crippen LogP contribution is 2.24. The average Bonchev–Trinajstić information content (AvgIpc) is 3.12. The van der Waals surface area contributed by atoms with E-state index in [4.69, 9.17) is 25.6 Å². The van der Waals surface area contributed by atoms with E-state index >= 15 is 0 Å². The maximum atomic E-state index is 12.2. The minimum absolute atomic E-state index is 0.0469. The Balaban J connectivity index is 1.70. The van der Waals surface area contributed by atoms with E-state index in [2.05, 4.69) is 20.1 Å². The lowest BCUT2D eigenvalue weighted by Crippen LogP contribution is -2.07. The van der Waals surface area contributed by atoms with E-state index in [0.29, 0.717) is 16.5 Å². The number of hydrogen-bond donors (Lipinski definition) is 0. The molecule has 0 unspecified atom stereocenters. The van der Waals surface area contributed by atoms with Crippen molar-refractivity contribution in [3.05, 3.63) is 47.7 Å². The number of ether oxygens (including phenoxy) is 2. The molecule has 3 rings (SSSR count). The summed E-state index contributed by atoms with van der Waals surface area (Å²) in [6.45, 7) is 0.990. The summed E-state index contributed by atoms with van der Waals surface area (Å²) in [5, 5.41) is 4.22. The van der Waals surface area contributed by atoms with Gasteiger partial charge in [0.05, 0.1) is 6.20 Å². The quantitative estimate of drug-likeness (QED) is 0.572. The fraction of sp³-hybridized carbons (Fsp3) is 0.250. The third-order valence-corrected chi connectivity index (χ3v) is 3.38. The second kappa shape index (κ2) is 8.05. The van der Waals surface area contributed by atoms with Crippen molar-refractivity contribution < 1.29 is 22.8 Å². The van der Waals surface area contributed by atoms with Crippen LogP contribution in [0.4, 0.5) is 8.78 Å². The van der Waals surface area contributed by atoms with Gasteiger partial charge in [-0.15, -0.1) is 0 Å². The Kier molecular flexibility index (Phi) is 5.57. The summed E-state index contributed by atoms with van der Waals surface area (Å²) >= 11 is 5.72. The Bertz CT molecular complexity index is 861. The van der Waals surface area contributed by atoms with Gasteiger partial charge in [-0.1, -0.05) is 16.8 Å². The van der Waals surface area contributed by atoms with Crippen LogP contribution in [0.25, 0.3) is 11.4 Å². The first-order chi connectivity index (χ1) is 12.5. The van der Waals surface area contributed by atoms with Crippen molar-refractivity contribution in [2.45, 2.75) is 19.5 Å². The molecular weight excluding hydrogens is 370 g/mol. The fourth-order valence-electron chi connectivity index (χ4n) is 1.98. The Hall–Kier alpha value is -2.81. The molecule has 7 nitrogen and oxygen atoms in total. The molecule has 0 radical (unpaired) electrons. The summed E-state index contributed by atoms with van der Waals surface area (Å²) < 4.78 is 40.2. The zero-order valence-electron chi connectivity index (χ0n) is 13.5. The Morgan fingerprint density at radius 2 is 2.08 bits per heavy atom. The van der Waals surface area contributed by atoms with E-state index in [9.17, 15) is 8.78 Å². The standard InChI is InChI=1S/C16H13ClF2N4O3/c1-9(25-11-2-3-12(17)21-7-11)16-22-15(23-26-16)10-4-5-20-14(6-10)24-8-13(18)19/h2-7,9,13H,8H2,1H3/t9-/m0/s1. The van der Waals surface area contributed by atoms with Crippen molar-refractivity contribution in [3.63, 3.8) is 0 Å². The van der Waals surface area contributed by atoms with E-state index in [1.54, 1.807) is 25.1 Å². The highest BCUT2D eigenvalue weighted by atomic mass is 35.5. The Morgan fingerprint density at radius 3 is 2.81 bits per heavy atom. The SMILES string of the molecule is C[C@H](Oc1ccc(Cl)nc1)c1nc(-c2ccnc(OCC(F)F)c2)no1. The molecule has 0 saturated carbocycles. The molecule has 0 fully saturated rings. The predicted molar refractivity (Wildman–Crippen MR) is 87.3 cm³/mol. The summed E-state index contributed by atoms with van der Waals surface area (Å²) in [6, 6.07) is 6.32. The Labute approximate surface area is 151 Å². The largest absolute Gasteiger partial charge is 0.479 e. The van der Waals surface area contributed by atoms with Crippen molar-refractivity contribution in [1.29, 1.82) is 0 Å². The number of pyridine rings is 2. The third kappa shape index (κ3) is 4.63. The van der Waals surface area contributed by atoms with E-state index in [1.807, 2.05) is 0 Å². The first kappa shape index (κ1) is 18.0. The summed E-state index contributed by atoms with van der Waals surface area (Å²) in [6.07, 6.45) is -0.231. The molecule has 3 heterocycles. The summed E-state index contributed by atoms with van der Waals surface area (Å²) in [5.41, 5.74) is 0.514. The lowest BCUT2D eigenvalue weighted by molar-refractivity contribution is 0.0796. The zero-order chi connectivity index (χ0) is 18.5. The highest BCUT2D eigenvalue weighted by molar-refractivity contribution is 6.29. The van der Waals surface area contributed by atoms with Crippen molar-refractivity contribution in [2.75, 3.05) is 6.61 Å². The number of alkyl halides is 2. The van der Waals surface area contributed by atoms with Crippen LogP contribution in [0, 0.1) is 0 Å². The molecule has 136 valence electrons. The van der Waals surface area contributed by atoms with E-state index in [0.717, 1.165) is 0 Å². The van der Waals surface area contributed by atoms with Crippen LogP contribution < -0.4 is 9.47 Å². The van der Waals surface area contributed by atoms with E-state index in [1.165, 1.54) is 18.5 Å². The van der Waals surface area contributed by atoms with E-state index in [-0.39, 0.29) is 17.6 Å². The summed E-state index contributed by atoms with van der Waals surface area (Å²) in [7, 11) is 0. The van der Waals surface area contributed by atoms with Gasteiger partial charge in [0.1, 0.15) is 10.9 Å². The van der Waals surface area contributed by atoms with Crippen molar-refractivity contribution in [2.24, 2.45) is 0 Å². The van der Waals surface area contributed by atoms with Crippen LogP contribution in [0.15, 0.2) is 41.2 Å². The van der Waals surface area contributed by atoms with Crippen LogP contribution in [0.2, 0.25) is 5.15 Å². The number of halogens is 3. The minimum Gasteiger partial charge on any atom is -0.479 e. The maximum Gasteiger partial charge on any atom is 0.272 e. The van der Waals surface area contributed by atoms with Crippen LogP contribution in [0.3, 0.4) is 0 Å². The van der Waals surface area contributed by atoms with Gasteiger partial charge in [-0.05, 0) is 25.1 Å². The molecule has 0 N–H and O–H groups in total. The molecule has 26 heavy (non-hydrogen) atoms. The second-order valence-corrected chi connectivity index (χ2v) is 5.51. The van der Waals surface area contributed by atoms with Crippen molar-refractivity contribution in [3.8, 4) is 23.0 Å². The van der Waals surface area contributed by atoms with E-state index < -0.39 is 19.1 Å². The van der Waals surface area contributed by atoms with Gasteiger partial charge in [0.15, 0.2) is 12.7 Å². The molecule has 0 spiro atoms. The van der Waals surface area contributed by atoms with Gasteiger partial charge in [-0.2, -0.15) is 4.98 Å². The molecule has 0 amide bonds. The van der Waals surface area contributed by atoms with Gasteiger partial charge in [-0.25, -0.2) is 18.7 Å². The minimum atomic E-state index is -2.59. The summed E-state index contributed by atoms with van der Waals surface area (Å²) in [4.78, 5) is 12.0. The second-order valence-electron chi connectivity index (χ2n) is 5.12. The Morgan fingerprint density at radius 1 is 1.23 bits per heavy atom. The molecular formula is C16H13ClF2N4O3. The van der Waals surface area contributed by atoms with Gasteiger partial charge < -0.3 is 14.0 Å². The van der Waals surface area contributed by atoms with Crippen LogP contribution in [0.1, 0.15) is 18.9 Å². The molecule has 1 atom stereocenters. The van der Waals surface area contributed by atoms with Crippen LogP contribution in [-0.4, -0.2) is 33.1 Å². The summed E-state index contributed by atoms with van der Waals surface area (Å²) in [5.74, 6) is 1.04. The molecule has 0 aliphatic heterocycles. The molecule has 3 aromatic rings. The predicted octanol–water partition coefficient (Wildman–Crippen LogP) is 3.96. The molecule has 0 aliphatic rings. The number of rotatable bonds is 7. The van der Waals surface area contributed by atoms with Gasteiger partial charge in [-0.3, -0.25) is 0 Å². The third-order valence-electron chi connectivity index (χ3n) is 3.15. The van der Waals surface area contributed by atoms with Crippen LogP contribution in [-0.2, 0) is 0 Å². The number of aromatic nitrogens is 4. The highest BCUT2D eigenvalue weighted by Gasteiger charge is 2.17. The number of nitrogens with zero attached hydrogens (tertiary/aromatic N) is 4. The molecule has 3 aromatic heterocycles. The fourth-order valence-corrected chi connectivity index (χ4v) is 2.09. The maximum absolute atomic E-state index is 12.2. The first-order valence-electron chi connectivity index (χ1n) is 7.50. The number of hydrogen-bond acceptors (Lipinski definition) is 7. The van der Waals surface area contributed by atoms with Gasteiger partial charge >= 0.3 is 0 Å². The molecule has 10 heteroatoms. The van der Waals surface area contributed by atoms with Gasteiger partial charge in [0.25, 0.3) is 12.3 Å².